The minimum atomic E-state index is -0.327. The second-order valence-electron chi connectivity index (χ2n) is 7.58. The van der Waals surface area contributed by atoms with Crippen LogP contribution >= 0.6 is 0 Å². The van der Waals surface area contributed by atoms with Crippen molar-refractivity contribution in [2.24, 2.45) is 0 Å². The molecule has 0 bridgehead atoms. The van der Waals surface area contributed by atoms with Crippen molar-refractivity contribution < 1.29 is 9.53 Å². The lowest BCUT2D eigenvalue weighted by Crippen LogP contribution is -2.19. The molecule has 5 aromatic rings. The minimum absolute atomic E-state index is 0.327. The van der Waals surface area contributed by atoms with Crippen LogP contribution in [0.25, 0.3) is 33.3 Å². The van der Waals surface area contributed by atoms with E-state index < -0.39 is 0 Å². The number of anilines is 2. The first kappa shape index (κ1) is 20.3. The smallest absolute Gasteiger partial charge is 0.323 e. The molecule has 3 aromatic carbocycles. The van der Waals surface area contributed by atoms with Gasteiger partial charge in [0.1, 0.15) is 11.4 Å². The number of nitrogens with one attached hydrogen (secondary N) is 3. The Morgan fingerprint density at radius 1 is 0.818 bits per heavy atom. The second kappa shape index (κ2) is 8.88. The third-order valence-electron chi connectivity index (χ3n) is 5.40. The Labute approximate surface area is 191 Å². The summed E-state index contributed by atoms with van der Waals surface area (Å²) in [6.45, 7) is 0. The van der Waals surface area contributed by atoms with Crippen LogP contribution in [0.3, 0.4) is 0 Å². The average molecular weight is 434 g/mol. The number of H-pyrrole nitrogens is 1. The fraction of sp³-hybridized carbons (Fsp3) is 0.0370. The Balaban J connectivity index is 1.40. The molecule has 2 amide bonds. The summed E-state index contributed by atoms with van der Waals surface area (Å²) >= 11 is 0. The van der Waals surface area contributed by atoms with Crippen molar-refractivity contribution in [1.29, 1.82) is 0 Å². The van der Waals surface area contributed by atoms with Crippen molar-refractivity contribution in [3.63, 3.8) is 0 Å². The van der Waals surface area contributed by atoms with Crippen LogP contribution in [0.1, 0.15) is 0 Å². The highest BCUT2D eigenvalue weighted by Crippen LogP contribution is 2.32. The SMILES string of the molecule is COc1cccc(NC(=O)Nc2cccc(-c3c[nH]c4ncc(-c5ccccc5)cc34)c2)c1. The summed E-state index contributed by atoms with van der Waals surface area (Å²) in [7, 11) is 1.59. The number of pyridine rings is 1. The highest BCUT2D eigenvalue weighted by Gasteiger charge is 2.11. The number of hydrogen-bond acceptors (Lipinski definition) is 3. The van der Waals surface area contributed by atoms with Gasteiger partial charge in [-0.2, -0.15) is 0 Å². The molecule has 33 heavy (non-hydrogen) atoms. The molecule has 0 saturated heterocycles. The monoisotopic (exact) mass is 434 g/mol. The number of nitrogens with zero attached hydrogens (tertiary/aromatic N) is 1. The van der Waals surface area contributed by atoms with E-state index in [1.165, 1.54) is 0 Å². The van der Waals surface area contributed by atoms with Gasteiger partial charge < -0.3 is 20.4 Å². The number of hydrogen-bond donors (Lipinski definition) is 3. The lowest BCUT2D eigenvalue weighted by atomic mass is 10.0. The van der Waals surface area contributed by atoms with Gasteiger partial charge >= 0.3 is 6.03 Å². The van der Waals surface area contributed by atoms with E-state index in [0.29, 0.717) is 17.1 Å². The fourth-order valence-electron chi connectivity index (χ4n) is 3.79. The predicted octanol–water partition coefficient (Wildman–Crippen LogP) is 6.55. The molecular weight excluding hydrogens is 412 g/mol. The third kappa shape index (κ3) is 4.41. The Kier molecular flexibility index (Phi) is 5.47. The molecule has 0 unspecified atom stereocenters. The zero-order valence-electron chi connectivity index (χ0n) is 18.0. The van der Waals surface area contributed by atoms with Crippen molar-refractivity contribution in [3.05, 3.63) is 97.3 Å². The maximum absolute atomic E-state index is 12.5. The number of urea groups is 1. The van der Waals surface area contributed by atoms with E-state index in [9.17, 15) is 4.79 Å². The van der Waals surface area contributed by atoms with E-state index in [1.807, 2.05) is 73.1 Å². The number of benzene rings is 3. The molecular formula is C27H22N4O2. The standard InChI is InChI=1S/C27H22N4O2/c1-33-23-12-6-11-22(15-23)31-27(32)30-21-10-5-9-19(13-21)25-17-29-26-24(25)14-20(16-28-26)18-7-3-2-4-8-18/h2-17H,1H3,(H,28,29)(H2,30,31,32). The first-order valence-electron chi connectivity index (χ1n) is 10.5. The molecule has 3 N–H and O–H groups in total. The Bertz CT molecular complexity index is 1430. The van der Waals surface area contributed by atoms with E-state index in [4.69, 9.17) is 4.74 Å². The largest absolute Gasteiger partial charge is 0.497 e. The topological polar surface area (TPSA) is 79.0 Å². The molecule has 2 heterocycles. The fourth-order valence-corrected chi connectivity index (χ4v) is 3.79. The molecule has 2 aromatic heterocycles. The summed E-state index contributed by atoms with van der Waals surface area (Å²) < 4.78 is 5.20. The number of rotatable bonds is 5. The van der Waals surface area contributed by atoms with Crippen LogP contribution in [0.15, 0.2) is 97.3 Å². The zero-order chi connectivity index (χ0) is 22.6. The Morgan fingerprint density at radius 3 is 2.33 bits per heavy atom. The van der Waals surface area contributed by atoms with Gasteiger partial charge in [-0.1, -0.05) is 48.5 Å². The summed E-state index contributed by atoms with van der Waals surface area (Å²) in [5.74, 6) is 0.678. The van der Waals surface area contributed by atoms with Crippen molar-refractivity contribution in [3.8, 4) is 28.0 Å². The van der Waals surface area contributed by atoms with Gasteiger partial charge in [-0.25, -0.2) is 9.78 Å². The zero-order valence-corrected chi connectivity index (χ0v) is 18.0. The molecule has 0 saturated carbocycles. The quantitative estimate of drug-likeness (QED) is 0.293. The van der Waals surface area contributed by atoms with E-state index in [-0.39, 0.29) is 6.03 Å². The molecule has 5 rings (SSSR count). The van der Waals surface area contributed by atoms with Gasteiger partial charge in [0.2, 0.25) is 0 Å². The average Bonchev–Trinajstić information content (AvgIpc) is 3.28. The second-order valence-corrected chi connectivity index (χ2v) is 7.58. The van der Waals surface area contributed by atoms with E-state index in [0.717, 1.165) is 33.3 Å². The van der Waals surface area contributed by atoms with Crippen molar-refractivity contribution in [2.75, 3.05) is 17.7 Å². The van der Waals surface area contributed by atoms with Crippen LogP contribution in [0, 0.1) is 0 Å². The summed E-state index contributed by atoms with van der Waals surface area (Å²) in [5, 5.41) is 6.75. The van der Waals surface area contributed by atoms with Gasteiger partial charge in [-0.3, -0.25) is 0 Å². The molecule has 0 aliphatic heterocycles. The van der Waals surface area contributed by atoms with Crippen molar-refractivity contribution in [1.82, 2.24) is 9.97 Å². The summed E-state index contributed by atoms with van der Waals surface area (Å²) in [6.07, 6.45) is 3.82. The molecule has 0 radical (unpaired) electrons. The van der Waals surface area contributed by atoms with Crippen LogP contribution in [0.4, 0.5) is 16.2 Å². The molecule has 0 fully saturated rings. The Morgan fingerprint density at radius 2 is 1.55 bits per heavy atom. The van der Waals surface area contributed by atoms with Crippen LogP contribution in [0.2, 0.25) is 0 Å². The molecule has 6 nitrogen and oxygen atoms in total. The van der Waals surface area contributed by atoms with Gasteiger partial charge in [0.25, 0.3) is 0 Å². The van der Waals surface area contributed by atoms with Crippen LogP contribution < -0.4 is 15.4 Å². The number of amides is 2. The normalized spacial score (nSPS) is 10.7. The highest BCUT2D eigenvalue weighted by molar-refractivity contribution is 6.01. The lowest BCUT2D eigenvalue weighted by molar-refractivity contribution is 0.262. The predicted molar refractivity (Wildman–Crippen MR) is 133 cm³/mol. The molecule has 6 heteroatoms. The maximum atomic E-state index is 12.5. The third-order valence-corrected chi connectivity index (χ3v) is 5.40. The first-order valence-corrected chi connectivity index (χ1v) is 10.5. The number of ether oxygens (including phenoxy) is 1. The van der Waals surface area contributed by atoms with Crippen LogP contribution in [0.5, 0.6) is 5.75 Å². The lowest BCUT2D eigenvalue weighted by Gasteiger charge is -2.10. The first-order chi connectivity index (χ1) is 16.2. The van der Waals surface area contributed by atoms with E-state index in [2.05, 4.69) is 38.8 Å². The number of methoxy groups -OCH3 is 1. The summed E-state index contributed by atoms with van der Waals surface area (Å²) in [5.41, 5.74) is 6.33. The molecule has 0 aliphatic carbocycles. The molecule has 162 valence electrons. The van der Waals surface area contributed by atoms with Gasteiger partial charge in [0.05, 0.1) is 7.11 Å². The summed E-state index contributed by atoms with van der Waals surface area (Å²) in [6, 6.07) is 26.9. The molecule has 0 atom stereocenters. The van der Waals surface area contributed by atoms with Gasteiger partial charge in [0, 0.05) is 46.3 Å². The Hall–Kier alpha value is -4.58. The number of carbonyl (C=O) groups is 1. The van der Waals surface area contributed by atoms with Gasteiger partial charge in [-0.05, 0) is 41.5 Å². The maximum Gasteiger partial charge on any atom is 0.323 e. The number of carbonyl (C=O) groups excluding carboxylic acids is 1. The number of aromatic amines is 1. The number of aromatic nitrogens is 2. The molecule has 0 aliphatic rings. The van der Waals surface area contributed by atoms with Crippen LogP contribution in [-0.4, -0.2) is 23.1 Å². The van der Waals surface area contributed by atoms with Crippen LogP contribution in [-0.2, 0) is 0 Å². The summed E-state index contributed by atoms with van der Waals surface area (Å²) in [4.78, 5) is 20.4. The minimum Gasteiger partial charge on any atom is -0.497 e. The van der Waals surface area contributed by atoms with Gasteiger partial charge in [-0.15, -0.1) is 0 Å². The highest BCUT2D eigenvalue weighted by atomic mass is 16.5. The van der Waals surface area contributed by atoms with E-state index in [1.54, 1.807) is 13.2 Å². The van der Waals surface area contributed by atoms with Crippen molar-refractivity contribution >= 4 is 28.4 Å². The molecule has 0 spiro atoms. The number of fused-ring (bicyclic) bond motifs is 1. The van der Waals surface area contributed by atoms with Crippen molar-refractivity contribution in [2.45, 2.75) is 0 Å². The van der Waals surface area contributed by atoms with Gasteiger partial charge in [0.15, 0.2) is 0 Å². The van der Waals surface area contributed by atoms with E-state index >= 15 is 0 Å².